The number of aliphatic hydroxyl groups is 1. The van der Waals surface area contributed by atoms with E-state index in [0.717, 1.165) is 31.6 Å². The Labute approximate surface area is 205 Å². The van der Waals surface area contributed by atoms with E-state index in [-0.39, 0.29) is 11.9 Å². The third-order valence-corrected chi connectivity index (χ3v) is 5.10. The molecular formula is C24H37NO10. The summed E-state index contributed by atoms with van der Waals surface area (Å²) in [5.74, 6) is -5.37. The van der Waals surface area contributed by atoms with Crippen LogP contribution in [-0.4, -0.2) is 94.3 Å². The van der Waals surface area contributed by atoms with Crippen LogP contribution in [-0.2, 0) is 28.7 Å². The number of carbonyl (C=O) groups excluding carboxylic acids is 1. The number of carboxylic acids is 3. The van der Waals surface area contributed by atoms with Crippen molar-refractivity contribution in [3.63, 3.8) is 0 Å². The molecular weight excluding hydrogens is 462 g/mol. The second-order valence-corrected chi connectivity index (χ2v) is 7.66. The second-order valence-electron chi connectivity index (χ2n) is 7.66. The van der Waals surface area contributed by atoms with Crippen molar-refractivity contribution in [3.8, 4) is 0 Å². The number of rotatable bonds is 16. The summed E-state index contributed by atoms with van der Waals surface area (Å²) in [6.07, 6.45) is -1.55. The van der Waals surface area contributed by atoms with Gasteiger partial charge in [-0.1, -0.05) is 51.1 Å². The zero-order chi connectivity index (χ0) is 26.9. The third kappa shape index (κ3) is 13.5. The van der Waals surface area contributed by atoms with Crippen LogP contribution in [0.2, 0.25) is 0 Å². The molecule has 0 aliphatic rings. The van der Waals surface area contributed by atoms with Crippen LogP contribution >= 0.6 is 0 Å². The normalized spacial score (nSPS) is 11.8. The molecule has 11 heteroatoms. The fourth-order valence-corrected chi connectivity index (χ4v) is 3.08. The maximum atomic E-state index is 12.1. The van der Waals surface area contributed by atoms with Crippen LogP contribution in [0.15, 0.2) is 30.3 Å². The number of aliphatic carboxylic acids is 3. The number of esters is 1. The zero-order valence-corrected chi connectivity index (χ0v) is 20.5. The molecule has 0 saturated carbocycles. The highest BCUT2D eigenvalue weighted by molar-refractivity contribution is 5.88. The predicted molar refractivity (Wildman–Crippen MR) is 126 cm³/mol. The quantitative estimate of drug-likeness (QED) is 0.193. The molecule has 4 N–H and O–H groups in total. The van der Waals surface area contributed by atoms with Crippen molar-refractivity contribution in [3.05, 3.63) is 35.9 Å². The van der Waals surface area contributed by atoms with Crippen molar-refractivity contribution in [2.45, 2.75) is 51.6 Å². The average Bonchev–Trinajstić information content (AvgIpc) is 2.79. The number of ether oxygens (including phenoxy) is 2. The minimum Gasteiger partial charge on any atom is -0.481 e. The fraction of sp³-hybridized carbons (Fsp3) is 0.583. The molecule has 198 valence electrons. The summed E-state index contributed by atoms with van der Waals surface area (Å²) in [6.45, 7) is 10.7. The van der Waals surface area contributed by atoms with E-state index in [1.54, 1.807) is 0 Å². The highest BCUT2D eigenvalue weighted by Crippen LogP contribution is 2.20. The van der Waals surface area contributed by atoms with Gasteiger partial charge in [0.1, 0.15) is 6.61 Å². The summed E-state index contributed by atoms with van der Waals surface area (Å²) in [5, 5.41) is 33.8. The van der Waals surface area contributed by atoms with Gasteiger partial charge < -0.3 is 34.8 Å². The molecule has 11 nitrogen and oxygen atoms in total. The van der Waals surface area contributed by atoms with Crippen molar-refractivity contribution in [1.82, 2.24) is 4.90 Å². The Morgan fingerprint density at radius 1 is 0.886 bits per heavy atom. The summed E-state index contributed by atoms with van der Waals surface area (Å²) in [6, 6.07) is 9.78. The summed E-state index contributed by atoms with van der Waals surface area (Å²) in [4.78, 5) is 44.9. The van der Waals surface area contributed by atoms with Crippen molar-refractivity contribution < 1.29 is 49.1 Å². The van der Waals surface area contributed by atoms with E-state index >= 15 is 0 Å². The number of hydrogen-bond acceptors (Lipinski definition) is 8. The first-order valence-electron chi connectivity index (χ1n) is 11.4. The molecule has 1 aromatic rings. The van der Waals surface area contributed by atoms with Crippen molar-refractivity contribution in [2.75, 3.05) is 39.5 Å². The number of carbonyl (C=O) groups is 4. The van der Waals surface area contributed by atoms with Gasteiger partial charge in [-0.25, -0.2) is 4.79 Å². The first-order chi connectivity index (χ1) is 16.5. The van der Waals surface area contributed by atoms with Gasteiger partial charge in [0.25, 0.3) is 0 Å². The molecule has 1 rings (SSSR count). The van der Waals surface area contributed by atoms with E-state index in [1.165, 1.54) is 0 Å². The predicted octanol–water partition coefficient (Wildman–Crippen LogP) is 1.83. The summed E-state index contributed by atoms with van der Waals surface area (Å²) >= 11 is 0. The molecule has 0 aromatic heterocycles. The van der Waals surface area contributed by atoms with Crippen LogP contribution in [0, 0.1) is 0 Å². The van der Waals surface area contributed by atoms with E-state index in [4.69, 9.17) is 29.9 Å². The first-order valence-corrected chi connectivity index (χ1v) is 11.4. The van der Waals surface area contributed by atoms with Gasteiger partial charge in [-0.05, 0) is 25.1 Å². The molecule has 0 spiro atoms. The highest BCUT2D eigenvalue weighted by Gasteiger charge is 2.40. The molecule has 0 aliphatic heterocycles. The van der Waals surface area contributed by atoms with Crippen LogP contribution in [0.5, 0.6) is 0 Å². The van der Waals surface area contributed by atoms with E-state index in [0.29, 0.717) is 19.8 Å². The maximum Gasteiger partial charge on any atom is 0.336 e. The standard InChI is InChI=1S/C18H29NO3.C6H8O7/c1-4-17(16-10-8-7-9-11-16)18(20)22-15-14-21-13-12-19(5-2)6-3;7-3(8)1-6(13,5(11)12)2-4(9)10/h7-11,17H,4-6,12-15H2,1-3H3;13H,1-2H2,(H,7,8)(H,9,10)(H,11,12)/t17-;/m1./s1. The van der Waals surface area contributed by atoms with Crippen LogP contribution < -0.4 is 0 Å². The van der Waals surface area contributed by atoms with E-state index < -0.39 is 36.4 Å². The zero-order valence-electron chi connectivity index (χ0n) is 20.5. The Bertz CT molecular complexity index is 764. The van der Waals surface area contributed by atoms with Crippen molar-refractivity contribution >= 4 is 23.9 Å². The van der Waals surface area contributed by atoms with Crippen LogP contribution in [0.1, 0.15) is 51.5 Å². The summed E-state index contributed by atoms with van der Waals surface area (Å²) < 4.78 is 10.9. The molecule has 35 heavy (non-hydrogen) atoms. The minimum atomic E-state index is -2.74. The summed E-state index contributed by atoms with van der Waals surface area (Å²) in [7, 11) is 0. The van der Waals surface area contributed by atoms with Crippen LogP contribution in [0.25, 0.3) is 0 Å². The van der Waals surface area contributed by atoms with Gasteiger partial charge in [-0.3, -0.25) is 14.4 Å². The molecule has 0 saturated heterocycles. The SMILES string of the molecule is CC[C@@H](C(=O)OCCOCCN(CC)CC)c1ccccc1.O=C(O)CC(O)(CC(=O)O)C(=O)O. The lowest BCUT2D eigenvalue weighted by atomic mass is 9.96. The molecule has 0 amide bonds. The van der Waals surface area contributed by atoms with Gasteiger partial charge in [0, 0.05) is 6.54 Å². The molecule has 0 bridgehead atoms. The smallest absolute Gasteiger partial charge is 0.336 e. The van der Waals surface area contributed by atoms with Gasteiger partial charge in [-0.15, -0.1) is 0 Å². The molecule has 1 aromatic carbocycles. The third-order valence-electron chi connectivity index (χ3n) is 5.10. The molecule has 0 unspecified atom stereocenters. The van der Waals surface area contributed by atoms with E-state index in [9.17, 15) is 19.2 Å². The Morgan fingerprint density at radius 3 is 1.86 bits per heavy atom. The Morgan fingerprint density at radius 2 is 1.43 bits per heavy atom. The van der Waals surface area contributed by atoms with Crippen LogP contribution in [0.3, 0.4) is 0 Å². The topological polar surface area (TPSA) is 171 Å². The lowest BCUT2D eigenvalue weighted by Gasteiger charge is -2.18. The number of benzene rings is 1. The Kier molecular flexibility index (Phi) is 15.9. The highest BCUT2D eigenvalue weighted by atomic mass is 16.6. The molecule has 0 aliphatic carbocycles. The number of carboxylic acid groups (broad SMARTS) is 3. The number of nitrogens with zero attached hydrogens (tertiary/aromatic N) is 1. The van der Waals surface area contributed by atoms with Crippen molar-refractivity contribution in [1.29, 1.82) is 0 Å². The molecule has 0 heterocycles. The van der Waals surface area contributed by atoms with Gasteiger partial charge in [0.2, 0.25) is 0 Å². The second kappa shape index (κ2) is 17.4. The van der Waals surface area contributed by atoms with Gasteiger partial charge >= 0.3 is 23.9 Å². The van der Waals surface area contributed by atoms with Gasteiger partial charge in [0.05, 0.1) is 32.0 Å². The molecule has 0 fully saturated rings. The van der Waals surface area contributed by atoms with Crippen LogP contribution in [0.4, 0.5) is 0 Å². The van der Waals surface area contributed by atoms with Gasteiger partial charge in [-0.2, -0.15) is 0 Å². The number of likely N-dealkylation sites (N-methyl/N-ethyl adjacent to an activating group) is 1. The Balaban J connectivity index is 0.000000761. The minimum absolute atomic E-state index is 0.166. The lowest BCUT2D eigenvalue weighted by molar-refractivity contribution is -0.170. The van der Waals surface area contributed by atoms with E-state index in [1.807, 2.05) is 37.3 Å². The largest absolute Gasteiger partial charge is 0.481 e. The number of hydrogen-bond donors (Lipinski definition) is 4. The van der Waals surface area contributed by atoms with E-state index in [2.05, 4.69) is 18.7 Å². The maximum absolute atomic E-state index is 12.1. The molecule has 0 radical (unpaired) electrons. The Hall–Kier alpha value is -3.02. The first kappa shape index (κ1) is 32.0. The van der Waals surface area contributed by atoms with Crippen molar-refractivity contribution in [2.24, 2.45) is 0 Å². The lowest BCUT2D eigenvalue weighted by Crippen LogP contribution is -2.42. The fourth-order valence-electron chi connectivity index (χ4n) is 3.08. The molecule has 1 atom stereocenters. The summed E-state index contributed by atoms with van der Waals surface area (Å²) in [5.41, 5.74) is -1.73. The average molecular weight is 500 g/mol. The van der Waals surface area contributed by atoms with Gasteiger partial charge in [0.15, 0.2) is 5.60 Å². The monoisotopic (exact) mass is 499 g/mol.